The molecule has 0 radical (unpaired) electrons. The normalized spacial score (nSPS) is 16.8. The number of carbonyl (C=O) groups is 1. The van der Waals surface area contributed by atoms with Crippen molar-refractivity contribution in [1.82, 2.24) is 14.8 Å². The molecular weight excluding hydrogens is 543 g/mol. The average molecular weight is 570 g/mol. The molecule has 214 valence electrons. The van der Waals surface area contributed by atoms with Gasteiger partial charge in [0.2, 0.25) is 0 Å². The summed E-state index contributed by atoms with van der Waals surface area (Å²) in [4.78, 5) is 20.8. The molecule has 2 aromatic carbocycles. The summed E-state index contributed by atoms with van der Waals surface area (Å²) in [7, 11) is 0. The molecule has 1 unspecified atom stereocenters. The third-order valence-electron chi connectivity index (χ3n) is 6.81. The minimum Gasteiger partial charge on any atom is -0.505 e. The predicted octanol–water partition coefficient (Wildman–Crippen LogP) is 5.97. The van der Waals surface area contributed by atoms with Gasteiger partial charge in [-0.3, -0.25) is 14.7 Å². The Kier molecular flexibility index (Phi) is 8.67. The van der Waals surface area contributed by atoms with Gasteiger partial charge in [-0.25, -0.2) is 4.39 Å². The zero-order valence-corrected chi connectivity index (χ0v) is 21.1. The molecule has 1 atom stereocenters. The quantitative estimate of drug-likeness (QED) is 0.357. The van der Waals surface area contributed by atoms with E-state index in [1.807, 2.05) is 12.1 Å². The maximum Gasteiger partial charge on any atom is 0.416 e. The number of hydrogen-bond acceptors (Lipinski definition) is 4. The van der Waals surface area contributed by atoms with Crippen LogP contribution in [-0.2, 0) is 25.2 Å². The van der Waals surface area contributed by atoms with Crippen LogP contribution in [0.5, 0.6) is 5.75 Å². The molecule has 3 aromatic rings. The Balaban J connectivity index is 1.59. The molecular formula is C28H26F7N3O2. The lowest BCUT2D eigenvalue weighted by Crippen LogP contribution is -2.56. The fraction of sp³-hybridized carbons (Fsp3) is 0.357. The first-order valence-electron chi connectivity index (χ1n) is 12.5. The van der Waals surface area contributed by atoms with Gasteiger partial charge in [-0.05, 0) is 73.3 Å². The number of halogens is 7. The number of hydrogen-bond donors (Lipinski definition) is 1. The summed E-state index contributed by atoms with van der Waals surface area (Å²) >= 11 is 0. The summed E-state index contributed by atoms with van der Waals surface area (Å²) in [6.45, 7) is 1.32. The molecule has 0 saturated carbocycles. The lowest BCUT2D eigenvalue weighted by molar-refractivity contribution is -0.143. The Morgan fingerprint density at radius 2 is 1.65 bits per heavy atom. The second-order valence-electron chi connectivity index (χ2n) is 9.70. The van der Waals surface area contributed by atoms with Crippen molar-refractivity contribution >= 4 is 5.91 Å². The third-order valence-corrected chi connectivity index (χ3v) is 6.81. The predicted molar refractivity (Wildman–Crippen MR) is 132 cm³/mol. The maximum absolute atomic E-state index is 13.6. The Morgan fingerprint density at radius 1 is 0.950 bits per heavy atom. The van der Waals surface area contributed by atoms with E-state index in [0.717, 1.165) is 24.5 Å². The number of benzene rings is 2. The molecule has 1 N–H and O–H groups in total. The summed E-state index contributed by atoms with van der Waals surface area (Å²) < 4.78 is 94.1. The number of piperazine rings is 1. The molecule has 1 aliphatic rings. The van der Waals surface area contributed by atoms with Crippen LogP contribution < -0.4 is 0 Å². The number of rotatable bonds is 7. The van der Waals surface area contributed by atoms with Gasteiger partial charge in [-0.15, -0.1) is 0 Å². The van der Waals surface area contributed by atoms with Gasteiger partial charge in [0, 0.05) is 43.6 Å². The van der Waals surface area contributed by atoms with E-state index >= 15 is 0 Å². The second kappa shape index (κ2) is 11.8. The molecule has 1 aliphatic heterocycles. The maximum atomic E-state index is 13.6. The number of phenolic OH excluding ortho intramolecular Hbond substituents is 1. The van der Waals surface area contributed by atoms with E-state index in [2.05, 4.69) is 9.88 Å². The van der Waals surface area contributed by atoms with Gasteiger partial charge in [0.05, 0.1) is 11.1 Å². The molecule has 1 fully saturated rings. The van der Waals surface area contributed by atoms with Crippen LogP contribution in [0.3, 0.4) is 0 Å². The molecule has 4 rings (SSSR count). The molecule has 40 heavy (non-hydrogen) atoms. The van der Waals surface area contributed by atoms with E-state index in [1.165, 1.54) is 17.0 Å². The Labute approximate surface area is 225 Å². The van der Waals surface area contributed by atoms with Crippen LogP contribution in [-0.4, -0.2) is 58.0 Å². The zero-order chi connectivity index (χ0) is 29.1. The van der Waals surface area contributed by atoms with Crippen LogP contribution in [0.2, 0.25) is 0 Å². The van der Waals surface area contributed by atoms with Gasteiger partial charge in [0.15, 0.2) is 11.6 Å². The van der Waals surface area contributed by atoms with Crippen LogP contribution in [0, 0.1) is 5.82 Å². The van der Waals surface area contributed by atoms with Gasteiger partial charge in [-0.2, -0.15) is 26.3 Å². The molecule has 0 spiro atoms. The highest BCUT2D eigenvalue weighted by molar-refractivity contribution is 5.95. The van der Waals surface area contributed by atoms with Gasteiger partial charge >= 0.3 is 12.4 Å². The average Bonchev–Trinajstić information content (AvgIpc) is 2.90. The van der Waals surface area contributed by atoms with E-state index in [0.29, 0.717) is 30.8 Å². The number of amides is 1. The first kappa shape index (κ1) is 29.3. The number of nitrogens with zero attached hydrogens (tertiary/aromatic N) is 3. The van der Waals surface area contributed by atoms with Crippen LogP contribution in [0.1, 0.15) is 39.0 Å². The van der Waals surface area contributed by atoms with Crippen molar-refractivity contribution in [1.29, 1.82) is 0 Å². The highest BCUT2D eigenvalue weighted by atomic mass is 19.4. The highest BCUT2D eigenvalue weighted by Gasteiger charge is 2.39. The van der Waals surface area contributed by atoms with Crippen molar-refractivity contribution in [2.45, 2.75) is 37.7 Å². The number of pyridine rings is 1. The molecule has 1 saturated heterocycles. The number of aryl methyl sites for hydroxylation is 1. The fourth-order valence-corrected chi connectivity index (χ4v) is 4.82. The first-order chi connectivity index (χ1) is 18.8. The Morgan fingerprint density at radius 3 is 2.25 bits per heavy atom. The second-order valence-corrected chi connectivity index (χ2v) is 9.70. The number of carbonyl (C=O) groups excluding carboxylic acids is 1. The van der Waals surface area contributed by atoms with Gasteiger partial charge in [0.25, 0.3) is 5.91 Å². The Hall–Kier alpha value is -3.67. The summed E-state index contributed by atoms with van der Waals surface area (Å²) in [5, 5.41) is 9.79. The van der Waals surface area contributed by atoms with Crippen molar-refractivity contribution in [2.24, 2.45) is 0 Å². The van der Waals surface area contributed by atoms with E-state index in [1.54, 1.807) is 12.4 Å². The third kappa shape index (κ3) is 7.29. The molecule has 0 aliphatic carbocycles. The van der Waals surface area contributed by atoms with Crippen LogP contribution in [0.25, 0.3) is 0 Å². The van der Waals surface area contributed by atoms with E-state index in [9.17, 15) is 40.6 Å². The van der Waals surface area contributed by atoms with E-state index in [4.69, 9.17) is 0 Å². The van der Waals surface area contributed by atoms with E-state index < -0.39 is 52.6 Å². The molecule has 5 nitrogen and oxygen atoms in total. The monoisotopic (exact) mass is 569 g/mol. The summed E-state index contributed by atoms with van der Waals surface area (Å²) in [5.74, 6) is -2.42. The summed E-state index contributed by atoms with van der Waals surface area (Å²) in [6.07, 6.45) is -5.16. The van der Waals surface area contributed by atoms with Gasteiger partial charge < -0.3 is 10.0 Å². The van der Waals surface area contributed by atoms with Crippen LogP contribution in [0.4, 0.5) is 30.7 Å². The lowest BCUT2D eigenvalue weighted by Gasteiger charge is -2.42. The fourth-order valence-electron chi connectivity index (χ4n) is 4.82. The van der Waals surface area contributed by atoms with Crippen molar-refractivity contribution in [3.8, 4) is 5.75 Å². The number of aromatic nitrogens is 1. The molecule has 2 heterocycles. The minimum atomic E-state index is -5.09. The van der Waals surface area contributed by atoms with Crippen LogP contribution >= 0.6 is 0 Å². The lowest BCUT2D eigenvalue weighted by atomic mass is 9.98. The first-order valence-corrected chi connectivity index (χ1v) is 12.5. The van der Waals surface area contributed by atoms with Crippen molar-refractivity contribution < 1.29 is 40.6 Å². The number of aromatic hydroxyl groups is 1. The van der Waals surface area contributed by atoms with Crippen molar-refractivity contribution in [2.75, 3.05) is 26.2 Å². The molecule has 1 amide bonds. The van der Waals surface area contributed by atoms with Crippen molar-refractivity contribution in [3.05, 3.63) is 94.6 Å². The highest BCUT2D eigenvalue weighted by Crippen LogP contribution is 2.37. The zero-order valence-electron chi connectivity index (χ0n) is 21.1. The molecule has 12 heteroatoms. The standard InChI is InChI=1S/C28H26F7N3O2/c29-24-6-5-19(12-25(24)39)11-23-17-37(8-2-4-18-3-1-7-36-16-18)9-10-38(23)26(40)20-13-21(27(30,31)32)15-22(14-20)28(33,34)35/h1,3,5-7,12-16,23,39H,2,4,8-11,17H2. The van der Waals surface area contributed by atoms with Crippen LogP contribution in [0.15, 0.2) is 60.9 Å². The molecule has 1 aromatic heterocycles. The summed E-state index contributed by atoms with van der Waals surface area (Å²) in [5.41, 5.74) is -2.36. The minimum absolute atomic E-state index is 0.0181. The smallest absolute Gasteiger partial charge is 0.416 e. The van der Waals surface area contributed by atoms with Crippen molar-refractivity contribution in [3.63, 3.8) is 0 Å². The largest absolute Gasteiger partial charge is 0.505 e. The topological polar surface area (TPSA) is 56.7 Å². The number of phenols is 1. The SMILES string of the molecule is O=C(c1cc(C(F)(F)F)cc(C(F)(F)F)c1)N1CCN(CCCc2cccnc2)CC1Cc1ccc(F)c(O)c1. The summed E-state index contributed by atoms with van der Waals surface area (Å²) in [6, 6.07) is 7.59. The van der Waals surface area contributed by atoms with E-state index in [-0.39, 0.29) is 25.6 Å². The number of alkyl halides is 6. The van der Waals surface area contributed by atoms with Gasteiger partial charge in [-0.1, -0.05) is 12.1 Å². The molecule has 0 bridgehead atoms. The Bertz CT molecular complexity index is 1300. The van der Waals surface area contributed by atoms with Gasteiger partial charge in [0.1, 0.15) is 0 Å².